The Labute approximate surface area is 91.5 Å². The van der Waals surface area contributed by atoms with Crippen LogP contribution in [-0.2, 0) is 11.2 Å². The first-order chi connectivity index (χ1) is 7.11. The summed E-state index contributed by atoms with van der Waals surface area (Å²) >= 11 is 0. The van der Waals surface area contributed by atoms with Crippen LogP contribution in [0.3, 0.4) is 0 Å². The first kappa shape index (κ1) is 11.9. The van der Waals surface area contributed by atoms with Gasteiger partial charge in [-0.05, 0) is 18.4 Å². The smallest absolute Gasteiger partial charge is 0.152 e. The number of Topliss-reactive ketones (excluding diaryl/α,β-unsaturated/α-hetero) is 1. The monoisotopic (exact) mass is 205 g/mol. The fourth-order valence-corrected chi connectivity index (χ4v) is 1.54. The van der Waals surface area contributed by atoms with Crippen LogP contribution < -0.4 is 5.73 Å². The molecule has 0 amide bonds. The van der Waals surface area contributed by atoms with Gasteiger partial charge in [-0.25, -0.2) is 0 Å². The number of hydrogen-bond acceptors (Lipinski definition) is 2. The molecule has 0 spiro atoms. The van der Waals surface area contributed by atoms with Gasteiger partial charge in [0.05, 0.1) is 6.04 Å². The molecular formula is C13H19NO. The topological polar surface area (TPSA) is 43.1 Å². The van der Waals surface area contributed by atoms with Crippen LogP contribution in [0.5, 0.6) is 0 Å². The molecule has 0 aliphatic heterocycles. The molecule has 0 heterocycles. The van der Waals surface area contributed by atoms with E-state index in [1.807, 2.05) is 32.0 Å². The van der Waals surface area contributed by atoms with Gasteiger partial charge in [0.2, 0.25) is 0 Å². The second kappa shape index (κ2) is 5.66. The van der Waals surface area contributed by atoms with E-state index in [-0.39, 0.29) is 17.7 Å². The van der Waals surface area contributed by atoms with Gasteiger partial charge in [0, 0.05) is 5.92 Å². The lowest BCUT2D eigenvalue weighted by Gasteiger charge is -2.12. The van der Waals surface area contributed by atoms with Crippen molar-refractivity contribution in [3.05, 3.63) is 35.9 Å². The standard InChI is InChI=1S/C13H19NO/c1-10(2)13(15)12(14)9-8-11-6-4-3-5-7-11/h3-7,10,12H,8-9,14H2,1-2H3. The van der Waals surface area contributed by atoms with Crippen LogP contribution in [0.4, 0.5) is 0 Å². The second-order valence-electron chi connectivity index (χ2n) is 4.19. The second-order valence-corrected chi connectivity index (χ2v) is 4.19. The highest BCUT2D eigenvalue weighted by Crippen LogP contribution is 2.07. The molecule has 0 bridgehead atoms. The molecule has 2 N–H and O–H groups in total. The van der Waals surface area contributed by atoms with Gasteiger partial charge in [-0.15, -0.1) is 0 Å². The number of aryl methyl sites for hydroxylation is 1. The first-order valence-electron chi connectivity index (χ1n) is 5.44. The predicted molar refractivity (Wildman–Crippen MR) is 62.6 cm³/mol. The minimum atomic E-state index is -0.315. The van der Waals surface area contributed by atoms with Crippen molar-refractivity contribution in [2.75, 3.05) is 0 Å². The zero-order valence-electron chi connectivity index (χ0n) is 9.44. The van der Waals surface area contributed by atoms with E-state index in [4.69, 9.17) is 5.73 Å². The van der Waals surface area contributed by atoms with Crippen LogP contribution in [0.25, 0.3) is 0 Å². The molecule has 2 heteroatoms. The summed E-state index contributed by atoms with van der Waals surface area (Å²) in [5, 5.41) is 0. The molecule has 82 valence electrons. The van der Waals surface area contributed by atoms with Crippen molar-refractivity contribution in [1.29, 1.82) is 0 Å². The lowest BCUT2D eigenvalue weighted by atomic mass is 9.97. The molecule has 1 aromatic rings. The molecule has 2 nitrogen and oxygen atoms in total. The van der Waals surface area contributed by atoms with Crippen molar-refractivity contribution in [1.82, 2.24) is 0 Å². The minimum absolute atomic E-state index is 0.0378. The number of ketones is 1. The molecule has 0 aromatic heterocycles. The molecular weight excluding hydrogens is 186 g/mol. The summed E-state index contributed by atoms with van der Waals surface area (Å²) in [7, 11) is 0. The lowest BCUT2D eigenvalue weighted by molar-refractivity contribution is -0.123. The van der Waals surface area contributed by atoms with Crippen LogP contribution in [0, 0.1) is 5.92 Å². The van der Waals surface area contributed by atoms with Gasteiger partial charge in [-0.1, -0.05) is 44.2 Å². The van der Waals surface area contributed by atoms with Crippen molar-refractivity contribution in [2.45, 2.75) is 32.7 Å². The third kappa shape index (κ3) is 3.84. The summed E-state index contributed by atoms with van der Waals surface area (Å²) in [6.45, 7) is 3.79. The molecule has 0 saturated heterocycles. The number of hydrogen-bond donors (Lipinski definition) is 1. The van der Waals surface area contributed by atoms with Gasteiger partial charge in [0.1, 0.15) is 0 Å². The van der Waals surface area contributed by atoms with Crippen molar-refractivity contribution in [2.24, 2.45) is 11.7 Å². The van der Waals surface area contributed by atoms with Crippen molar-refractivity contribution in [3.63, 3.8) is 0 Å². The van der Waals surface area contributed by atoms with Crippen molar-refractivity contribution in [3.8, 4) is 0 Å². The zero-order valence-corrected chi connectivity index (χ0v) is 9.44. The number of nitrogens with two attached hydrogens (primary N) is 1. The third-order valence-corrected chi connectivity index (χ3v) is 2.52. The quantitative estimate of drug-likeness (QED) is 0.800. The highest BCUT2D eigenvalue weighted by atomic mass is 16.1. The molecule has 1 rings (SSSR count). The fraction of sp³-hybridized carbons (Fsp3) is 0.462. The SMILES string of the molecule is CC(C)C(=O)C(N)CCc1ccccc1. The number of rotatable bonds is 5. The summed E-state index contributed by atoms with van der Waals surface area (Å²) in [6, 6.07) is 9.81. The highest BCUT2D eigenvalue weighted by molar-refractivity contribution is 5.85. The average molecular weight is 205 g/mol. The number of carbonyl (C=O) groups is 1. The largest absolute Gasteiger partial charge is 0.321 e. The van der Waals surface area contributed by atoms with E-state index in [2.05, 4.69) is 12.1 Å². The molecule has 0 fully saturated rings. The van der Waals surface area contributed by atoms with Crippen LogP contribution in [0.1, 0.15) is 25.8 Å². The Hall–Kier alpha value is -1.15. The van der Waals surface area contributed by atoms with Gasteiger partial charge in [-0.3, -0.25) is 4.79 Å². The summed E-state index contributed by atoms with van der Waals surface area (Å²) in [6.07, 6.45) is 1.61. The molecule has 0 aliphatic carbocycles. The third-order valence-electron chi connectivity index (χ3n) is 2.52. The van der Waals surface area contributed by atoms with E-state index in [1.54, 1.807) is 0 Å². The maximum atomic E-state index is 11.5. The van der Waals surface area contributed by atoms with E-state index in [0.29, 0.717) is 0 Å². The number of carbonyl (C=O) groups excluding carboxylic acids is 1. The van der Waals surface area contributed by atoms with Crippen LogP contribution >= 0.6 is 0 Å². The van der Waals surface area contributed by atoms with Crippen LogP contribution in [-0.4, -0.2) is 11.8 Å². The minimum Gasteiger partial charge on any atom is -0.321 e. The van der Waals surface area contributed by atoms with E-state index >= 15 is 0 Å². The number of benzene rings is 1. The summed E-state index contributed by atoms with van der Waals surface area (Å²) in [4.78, 5) is 11.5. The molecule has 1 aromatic carbocycles. The van der Waals surface area contributed by atoms with Gasteiger partial charge in [-0.2, -0.15) is 0 Å². The van der Waals surface area contributed by atoms with Gasteiger partial charge in [0.25, 0.3) is 0 Å². The molecule has 0 saturated carbocycles. The zero-order chi connectivity index (χ0) is 11.3. The molecule has 0 radical (unpaired) electrons. The Kier molecular flexibility index (Phi) is 4.50. The Bertz CT molecular complexity index is 306. The molecule has 0 aliphatic rings. The Balaban J connectivity index is 2.41. The van der Waals surface area contributed by atoms with E-state index in [9.17, 15) is 4.79 Å². The molecule has 15 heavy (non-hydrogen) atoms. The predicted octanol–water partition coefficient (Wildman–Crippen LogP) is 2.17. The normalized spacial score (nSPS) is 12.8. The Morgan fingerprint density at radius 3 is 2.40 bits per heavy atom. The Morgan fingerprint density at radius 2 is 1.87 bits per heavy atom. The summed E-state index contributed by atoms with van der Waals surface area (Å²) in [5.74, 6) is 0.196. The summed E-state index contributed by atoms with van der Waals surface area (Å²) < 4.78 is 0. The van der Waals surface area contributed by atoms with Crippen LogP contribution in [0.2, 0.25) is 0 Å². The maximum absolute atomic E-state index is 11.5. The average Bonchev–Trinajstić information content (AvgIpc) is 2.26. The van der Waals surface area contributed by atoms with Crippen molar-refractivity contribution >= 4 is 5.78 Å². The highest BCUT2D eigenvalue weighted by Gasteiger charge is 2.16. The molecule has 1 atom stereocenters. The summed E-state index contributed by atoms with van der Waals surface area (Å²) in [5.41, 5.74) is 7.06. The maximum Gasteiger partial charge on any atom is 0.152 e. The van der Waals surface area contributed by atoms with Crippen LogP contribution in [0.15, 0.2) is 30.3 Å². The van der Waals surface area contributed by atoms with Gasteiger partial charge in [0.15, 0.2) is 5.78 Å². The lowest BCUT2D eigenvalue weighted by Crippen LogP contribution is -2.34. The van der Waals surface area contributed by atoms with Gasteiger partial charge < -0.3 is 5.73 Å². The first-order valence-corrected chi connectivity index (χ1v) is 5.44. The van der Waals surface area contributed by atoms with Crippen molar-refractivity contribution < 1.29 is 4.79 Å². The van der Waals surface area contributed by atoms with E-state index in [1.165, 1.54) is 5.56 Å². The molecule has 1 unspecified atom stereocenters. The van der Waals surface area contributed by atoms with Gasteiger partial charge >= 0.3 is 0 Å². The van der Waals surface area contributed by atoms with E-state index in [0.717, 1.165) is 12.8 Å². The Morgan fingerprint density at radius 1 is 1.27 bits per heavy atom. The fourth-order valence-electron chi connectivity index (χ4n) is 1.54. The van der Waals surface area contributed by atoms with E-state index < -0.39 is 0 Å².